The summed E-state index contributed by atoms with van der Waals surface area (Å²) >= 11 is 9.48. The van der Waals surface area contributed by atoms with Gasteiger partial charge in [-0.25, -0.2) is 0 Å². The van der Waals surface area contributed by atoms with Crippen LogP contribution in [0.1, 0.15) is 5.69 Å². The molecule has 0 atom stereocenters. The Kier molecular flexibility index (Phi) is 3.51. The van der Waals surface area contributed by atoms with Crippen molar-refractivity contribution in [3.63, 3.8) is 0 Å². The molecule has 0 aliphatic heterocycles. The van der Waals surface area contributed by atoms with Crippen molar-refractivity contribution in [2.45, 2.75) is 6.54 Å². The summed E-state index contributed by atoms with van der Waals surface area (Å²) in [5.41, 5.74) is 2.02. The van der Waals surface area contributed by atoms with Gasteiger partial charge in [0.1, 0.15) is 0 Å². The van der Waals surface area contributed by atoms with Crippen LogP contribution in [0.4, 0.5) is 5.69 Å². The highest BCUT2D eigenvalue weighted by atomic mass is 79.9. The summed E-state index contributed by atoms with van der Waals surface area (Å²) in [5.74, 6) is 0. The highest BCUT2D eigenvalue weighted by Gasteiger charge is 2.02. The number of aromatic nitrogens is 2. The number of nitrogens with one attached hydrogen (secondary N) is 1. The Bertz CT molecular complexity index is 496. The van der Waals surface area contributed by atoms with Gasteiger partial charge in [0.05, 0.1) is 22.9 Å². The number of aryl methyl sites for hydroxylation is 1. The third kappa shape index (κ3) is 2.57. The van der Waals surface area contributed by atoms with Gasteiger partial charge < -0.3 is 5.32 Å². The quantitative estimate of drug-likeness (QED) is 0.941. The second-order valence-corrected chi connectivity index (χ2v) is 4.75. The molecule has 0 saturated heterocycles. The van der Waals surface area contributed by atoms with Crippen LogP contribution in [-0.4, -0.2) is 9.78 Å². The summed E-state index contributed by atoms with van der Waals surface area (Å²) in [7, 11) is 1.92. The van der Waals surface area contributed by atoms with E-state index in [4.69, 9.17) is 11.6 Å². The highest BCUT2D eigenvalue weighted by molar-refractivity contribution is 9.10. The van der Waals surface area contributed by atoms with E-state index in [1.807, 2.05) is 36.0 Å². The van der Waals surface area contributed by atoms with E-state index in [1.165, 1.54) is 0 Å². The average molecular weight is 301 g/mol. The summed E-state index contributed by atoms with van der Waals surface area (Å²) in [5, 5.41) is 8.09. The number of rotatable bonds is 3. The molecule has 0 bridgehead atoms. The van der Waals surface area contributed by atoms with E-state index in [1.54, 1.807) is 6.20 Å². The lowest BCUT2D eigenvalue weighted by atomic mass is 10.3. The fourth-order valence-corrected chi connectivity index (χ4v) is 1.94. The minimum absolute atomic E-state index is 0.701. The SMILES string of the molecule is Cn1nccc1CNc1cc(Br)ccc1Cl. The Morgan fingerprint density at radius 3 is 2.94 bits per heavy atom. The molecule has 1 aromatic heterocycles. The highest BCUT2D eigenvalue weighted by Crippen LogP contribution is 2.25. The Labute approximate surface area is 108 Å². The van der Waals surface area contributed by atoms with Gasteiger partial charge >= 0.3 is 0 Å². The largest absolute Gasteiger partial charge is 0.378 e. The first kappa shape index (κ1) is 11.5. The molecular formula is C11H11BrClN3. The zero-order valence-corrected chi connectivity index (χ0v) is 11.1. The van der Waals surface area contributed by atoms with Crippen molar-refractivity contribution in [3.8, 4) is 0 Å². The first-order chi connectivity index (χ1) is 7.66. The molecule has 0 fully saturated rings. The Morgan fingerprint density at radius 1 is 1.44 bits per heavy atom. The van der Waals surface area contributed by atoms with Crippen LogP contribution in [0.15, 0.2) is 34.9 Å². The van der Waals surface area contributed by atoms with Crippen LogP contribution in [-0.2, 0) is 13.6 Å². The molecule has 1 heterocycles. The maximum atomic E-state index is 6.07. The van der Waals surface area contributed by atoms with E-state index in [0.29, 0.717) is 11.6 Å². The first-order valence-electron chi connectivity index (χ1n) is 4.82. The lowest BCUT2D eigenvalue weighted by Gasteiger charge is -2.08. The lowest BCUT2D eigenvalue weighted by Crippen LogP contribution is -2.05. The molecule has 16 heavy (non-hydrogen) atoms. The van der Waals surface area contributed by atoms with Crippen LogP contribution in [0.2, 0.25) is 5.02 Å². The van der Waals surface area contributed by atoms with Crippen LogP contribution in [0, 0.1) is 0 Å². The molecule has 2 aromatic rings. The van der Waals surface area contributed by atoms with Crippen molar-refractivity contribution in [2.75, 3.05) is 5.32 Å². The number of benzene rings is 1. The van der Waals surface area contributed by atoms with Gasteiger partial charge in [0.2, 0.25) is 0 Å². The molecule has 0 spiro atoms. The number of anilines is 1. The summed E-state index contributed by atoms with van der Waals surface area (Å²) in [6, 6.07) is 7.70. The summed E-state index contributed by atoms with van der Waals surface area (Å²) < 4.78 is 2.84. The van der Waals surface area contributed by atoms with Gasteiger partial charge in [-0.2, -0.15) is 5.10 Å². The lowest BCUT2D eigenvalue weighted by molar-refractivity contribution is 0.720. The molecule has 84 valence electrons. The Hall–Kier alpha value is -1.000. The van der Waals surface area contributed by atoms with Gasteiger partial charge in [0.25, 0.3) is 0 Å². The minimum Gasteiger partial charge on any atom is -0.378 e. The predicted octanol–water partition coefficient (Wildman–Crippen LogP) is 3.45. The summed E-state index contributed by atoms with van der Waals surface area (Å²) in [6.07, 6.45) is 1.78. The van der Waals surface area contributed by atoms with E-state index >= 15 is 0 Å². The van der Waals surface area contributed by atoms with Gasteiger partial charge in [0.15, 0.2) is 0 Å². The Balaban J connectivity index is 2.10. The molecule has 0 aliphatic carbocycles. The van der Waals surface area contributed by atoms with Gasteiger partial charge in [-0.15, -0.1) is 0 Å². The first-order valence-corrected chi connectivity index (χ1v) is 6.00. The second-order valence-electron chi connectivity index (χ2n) is 3.42. The topological polar surface area (TPSA) is 29.9 Å². The predicted molar refractivity (Wildman–Crippen MR) is 69.7 cm³/mol. The molecule has 0 aliphatic rings. The fourth-order valence-electron chi connectivity index (χ4n) is 1.39. The van der Waals surface area contributed by atoms with Gasteiger partial charge in [-0.3, -0.25) is 4.68 Å². The molecule has 3 nitrogen and oxygen atoms in total. The third-order valence-corrected chi connectivity index (χ3v) is 3.13. The molecule has 0 amide bonds. The van der Waals surface area contributed by atoms with Crippen LogP contribution in [0.25, 0.3) is 0 Å². The third-order valence-electron chi connectivity index (χ3n) is 2.31. The summed E-state index contributed by atoms with van der Waals surface area (Å²) in [4.78, 5) is 0. The molecule has 5 heteroatoms. The van der Waals surface area contributed by atoms with Crippen LogP contribution >= 0.6 is 27.5 Å². The average Bonchev–Trinajstić information content (AvgIpc) is 2.66. The van der Waals surface area contributed by atoms with Crippen LogP contribution in [0.3, 0.4) is 0 Å². The molecule has 0 radical (unpaired) electrons. The fraction of sp³-hybridized carbons (Fsp3) is 0.182. The van der Waals surface area contributed by atoms with Crippen LogP contribution < -0.4 is 5.32 Å². The minimum atomic E-state index is 0.701. The molecule has 0 unspecified atom stereocenters. The van der Waals surface area contributed by atoms with Crippen molar-refractivity contribution in [1.29, 1.82) is 0 Å². The number of hydrogen-bond acceptors (Lipinski definition) is 2. The maximum absolute atomic E-state index is 6.07. The summed E-state index contributed by atoms with van der Waals surface area (Å²) in [6.45, 7) is 0.701. The maximum Gasteiger partial charge on any atom is 0.0638 e. The van der Waals surface area contributed by atoms with Gasteiger partial charge in [-0.05, 0) is 24.3 Å². The van der Waals surface area contributed by atoms with E-state index in [0.717, 1.165) is 15.9 Å². The standard InChI is InChI=1S/C11H11BrClN3/c1-16-9(4-5-15-16)7-14-11-6-8(12)2-3-10(11)13/h2-6,14H,7H2,1H3. The van der Waals surface area contributed by atoms with Crippen molar-refractivity contribution in [2.24, 2.45) is 7.05 Å². The van der Waals surface area contributed by atoms with E-state index in [9.17, 15) is 0 Å². The van der Waals surface area contributed by atoms with Gasteiger partial charge in [-0.1, -0.05) is 27.5 Å². The number of nitrogens with zero attached hydrogens (tertiary/aromatic N) is 2. The van der Waals surface area contributed by atoms with Crippen molar-refractivity contribution >= 4 is 33.2 Å². The normalized spacial score (nSPS) is 10.4. The van der Waals surface area contributed by atoms with Crippen molar-refractivity contribution in [1.82, 2.24) is 9.78 Å². The number of halogens is 2. The second kappa shape index (κ2) is 4.89. The van der Waals surface area contributed by atoms with E-state index in [-0.39, 0.29) is 0 Å². The molecular weight excluding hydrogens is 289 g/mol. The zero-order valence-electron chi connectivity index (χ0n) is 8.74. The zero-order chi connectivity index (χ0) is 11.5. The van der Waals surface area contributed by atoms with Crippen LogP contribution in [0.5, 0.6) is 0 Å². The smallest absolute Gasteiger partial charge is 0.0638 e. The molecule has 2 rings (SSSR count). The van der Waals surface area contributed by atoms with Crippen molar-refractivity contribution < 1.29 is 0 Å². The monoisotopic (exact) mass is 299 g/mol. The molecule has 1 aromatic carbocycles. The van der Waals surface area contributed by atoms with E-state index < -0.39 is 0 Å². The van der Waals surface area contributed by atoms with Gasteiger partial charge in [0, 0.05) is 17.7 Å². The van der Waals surface area contributed by atoms with Crippen molar-refractivity contribution in [3.05, 3.63) is 45.7 Å². The van der Waals surface area contributed by atoms with E-state index in [2.05, 4.69) is 26.3 Å². The number of hydrogen-bond donors (Lipinski definition) is 1. The Morgan fingerprint density at radius 2 is 2.25 bits per heavy atom. The molecule has 1 N–H and O–H groups in total. The molecule has 0 saturated carbocycles.